The minimum absolute atomic E-state index is 0.293. The van der Waals surface area contributed by atoms with Gasteiger partial charge in [-0.3, -0.25) is 9.80 Å². The number of morpholine rings is 1. The topological polar surface area (TPSA) is 74.3 Å². The van der Waals surface area contributed by atoms with Crippen molar-refractivity contribution in [2.75, 3.05) is 39.3 Å². The van der Waals surface area contributed by atoms with Crippen LogP contribution < -0.4 is 5.73 Å². The average molecular weight is 270 g/mol. The molecule has 2 rings (SSSR count). The first-order valence-corrected chi connectivity index (χ1v) is 7.27. The van der Waals surface area contributed by atoms with E-state index in [2.05, 4.69) is 21.9 Å². The molecule has 2 fully saturated rings. The summed E-state index contributed by atoms with van der Waals surface area (Å²) in [6.07, 6.45) is 3.44. The third-order valence-corrected chi connectivity index (χ3v) is 3.96. The molecule has 0 amide bonds. The molecule has 0 aromatic heterocycles. The number of oxime groups is 1. The molecule has 1 heterocycles. The molecule has 0 bridgehead atoms. The Morgan fingerprint density at radius 3 is 2.95 bits per heavy atom. The molecule has 0 aromatic rings. The molecule has 0 spiro atoms. The molecule has 1 aliphatic carbocycles. The van der Waals surface area contributed by atoms with Gasteiger partial charge in [-0.1, -0.05) is 12.1 Å². The van der Waals surface area contributed by atoms with Gasteiger partial charge in [0.25, 0.3) is 0 Å². The molecule has 1 unspecified atom stereocenters. The first kappa shape index (κ1) is 14.6. The third-order valence-electron chi connectivity index (χ3n) is 3.96. The van der Waals surface area contributed by atoms with Crippen LogP contribution in [0, 0.1) is 0 Å². The van der Waals surface area contributed by atoms with E-state index in [0.717, 1.165) is 39.3 Å². The predicted molar refractivity (Wildman–Crippen MR) is 74.5 cm³/mol. The number of hydrogen-bond acceptors (Lipinski definition) is 5. The van der Waals surface area contributed by atoms with Crippen LogP contribution >= 0.6 is 0 Å². The minimum Gasteiger partial charge on any atom is -0.409 e. The van der Waals surface area contributed by atoms with Gasteiger partial charge < -0.3 is 15.7 Å². The maximum Gasteiger partial charge on any atom is 0.140 e. The van der Waals surface area contributed by atoms with Gasteiger partial charge in [-0.05, 0) is 19.4 Å². The van der Waals surface area contributed by atoms with Crippen molar-refractivity contribution in [2.24, 2.45) is 10.9 Å². The number of nitrogens with two attached hydrogens (primary N) is 1. The fourth-order valence-corrected chi connectivity index (χ4v) is 2.61. The van der Waals surface area contributed by atoms with Crippen LogP contribution in [0.5, 0.6) is 0 Å². The monoisotopic (exact) mass is 270 g/mol. The van der Waals surface area contributed by atoms with E-state index in [1.165, 1.54) is 12.8 Å². The lowest BCUT2D eigenvalue weighted by molar-refractivity contribution is -0.0426. The molecule has 6 nitrogen and oxygen atoms in total. The number of hydrogen-bond donors (Lipinski definition) is 2. The second-order valence-electron chi connectivity index (χ2n) is 5.45. The van der Waals surface area contributed by atoms with Gasteiger partial charge >= 0.3 is 0 Å². The Hall–Kier alpha value is -0.850. The zero-order valence-corrected chi connectivity index (χ0v) is 11.8. The van der Waals surface area contributed by atoms with Crippen molar-refractivity contribution >= 4 is 5.84 Å². The molecule has 19 heavy (non-hydrogen) atoms. The molecule has 1 atom stereocenters. The van der Waals surface area contributed by atoms with E-state index in [4.69, 9.17) is 15.7 Å². The molecular weight excluding hydrogens is 244 g/mol. The van der Waals surface area contributed by atoms with E-state index < -0.39 is 0 Å². The molecule has 1 saturated heterocycles. The Kier molecular flexibility index (Phi) is 5.42. The fraction of sp³-hybridized carbons (Fsp3) is 0.923. The van der Waals surface area contributed by atoms with Crippen molar-refractivity contribution < 1.29 is 9.94 Å². The first-order chi connectivity index (χ1) is 9.22. The predicted octanol–water partition coefficient (Wildman–Crippen LogP) is 0.308. The number of rotatable bonds is 7. The van der Waals surface area contributed by atoms with Crippen LogP contribution in [0.1, 0.15) is 26.2 Å². The summed E-state index contributed by atoms with van der Waals surface area (Å²) >= 11 is 0. The van der Waals surface area contributed by atoms with E-state index in [1.54, 1.807) is 0 Å². The first-order valence-electron chi connectivity index (χ1n) is 7.27. The Balaban J connectivity index is 1.79. The van der Waals surface area contributed by atoms with Crippen LogP contribution in [-0.2, 0) is 4.74 Å². The molecule has 0 radical (unpaired) electrons. The second-order valence-corrected chi connectivity index (χ2v) is 5.45. The summed E-state index contributed by atoms with van der Waals surface area (Å²) < 4.78 is 5.86. The summed E-state index contributed by atoms with van der Waals surface area (Å²) in [7, 11) is 0. The molecule has 2 aliphatic rings. The Bertz CT molecular complexity index is 307. The van der Waals surface area contributed by atoms with Gasteiger partial charge in [-0.15, -0.1) is 0 Å². The van der Waals surface area contributed by atoms with Crippen LogP contribution in [0.2, 0.25) is 0 Å². The van der Waals surface area contributed by atoms with Crippen molar-refractivity contribution in [1.82, 2.24) is 9.80 Å². The summed E-state index contributed by atoms with van der Waals surface area (Å²) in [5.41, 5.74) is 5.55. The highest BCUT2D eigenvalue weighted by Crippen LogP contribution is 2.27. The quantitative estimate of drug-likeness (QED) is 0.301. The molecule has 3 N–H and O–H groups in total. The van der Waals surface area contributed by atoms with Gasteiger partial charge in [0.15, 0.2) is 0 Å². The van der Waals surface area contributed by atoms with Gasteiger partial charge in [0, 0.05) is 38.6 Å². The summed E-state index contributed by atoms with van der Waals surface area (Å²) in [5.74, 6) is 0.311. The highest BCUT2D eigenvalue weighted by atomic mass is 16.5. The summed E-state index contributed by atoms with van der Waals surface area (Å²) in [6.45, 7) is 7.99. The molecule has 6 heteroatoms. The lowest BCUT2D eigenvalue weighted by atomic mass is 10.2. The highest BCUT2D eigenvalue weighted by molar-refractivity contribution is 5.79. The van der Waals surface area contributed by atoms with Crippen molar-refractivity contribution in [3.8, 4) is 0 Å². The molecule has 1 saturated carbocycles. The number of nitrogens with zero attached hydrogens (tertiary/aromatic N) is 3. The highest BCUT2D eigenvalue weighted by Gasteiger charge is 2.31. The van der Waals surface area contributed by atoms with Crippen LogP contribution in [0.3, 0.4) is 0 Å². The van der Waals surface area contributed by atoms with Gasteiger partial charge in [0.05, 0.1) is 12.7 Å². The molecule has 0 aromatic carbocycles. The van der Waals surface area contributed by atoms with Crippen LogP contribution in [0.4, 0.5) is 0 Å². The Morgan fingerprint density at radius 1 is 1.53 bits per heavy atom. The number of ether oxygens (including phenoxy) is 1. The van der Waals surface area contributed by atoms with Crippen LogP contribution in [-0.4, -0.2) is 72.3 Å². The largest absolute Gasteiger partial charge is 0.409 e. The van der Waals surface area contributed by atoms with Crippen molar-refractivity contribution in [3.05, 3.63) is 0 Å². The summed E-state index contributed by atoms with van der Waals surface area (Å²) in [4.78, 5) is 4.87. The normalized spacial score (nSPS) is 26.0. The van der Waals surface area contributed by atoms with E-state index in [9.17, 15) is 0 Å². The smallest absolute Gasteiger partial charge is 0.140 e. The van der Waals surface area contributed by atoms with E-state index in [0.29, 0.717) is 24.4 Å². The van der Waals surface area contributed by atoms with Crippen molar-refractivity contribution in [3.63, 3.8) is 0 Å². The van der Waals surface area contributed by atoms with Crippen LogP contribution in [0.25, 0.3) is 0 Å². The summed E-state index contributed by atoms with van der Waals surface area (Å²) in [5, 5.41) is 11.6. The second kappa shape index (κ2) is 7.07. The maximum absolute atomic E-state index is 8.60. The molecular formula is C13H26N4O2. The average Bonchev–Trinajstić information content (AvgIpc) is 3.27. The number of amidine groups is 1. The van der Waals surface area contributed by atoms with E-state index in [-0.39, 0.29) is 0 Å². The fourth-order valence-electron chi connectivity index (χ4n) is 2.61. The van der Waals surface area contributed by atoms with Crippen molar-refractivity contribution in [2.45, 2.75) is 38.3 Å². The van der Waals surface area contributed by atoms with Gasteiger partial charge in [0.2, 0.25) is 0 Å². The lowest BCUT2D eigenvalue weighted by Crippen LogP contribution is -2.48. The Morgan fingerprint density at radius 2 is 2.32 bits per heavy atom. The molecule has 110 valence electrons. The van der Waals surface area contributed by atoms with E-state index >= 15 is 0 Å². The Labute approximate surface area is 115 Å². The maximum atomic E-state index is 8.60. The summed E-state index contributed by atoms with van der Waals surface area (Å²) in [6, 6.07) is 0.673. The number of likely N-dealkylation sites (N-methyl/N-ethyl adjacent to an activating group) is 1. The van der Waals surface area contributed by atoms with Gasteiger partial charge in [-0.25, -0.2) is 0 Å². The standard InChI is InChI=1S/C13H26N4O2/c1-2-16-7-8-19-12(9-16)10-17(11-3-4-11)6-5-13(14)15-18/h11-12,18H,2-10H2,1H3,(H2,14,15). The van der Waals surface area contributed by atoms with Crippen molar-refractivity contribution in [1.29, 1.82) is 0 Å². The lowest BCUT2D eigenvalue weighted by Gasteiger charge is -2.35. The minimum atomic E-state index is 0.293. The van der Waals surface area contributed by atoms with Gasteiger partial charge in [0.1, 0.15) is 5.84 Å². The zero-order valence-electron chi connectivity index (χ0n) is 11.8. The third kappa shape index (κ3) is 4.63. The zero-order chi connectivity index (χ0) is 13.7. The van der Waals surface area contributed by atoms with Crippen LogP contribution in [0.15, 0.2) is 5.16 Å². The van der Waals surface area contributed by atoms with Gasteiger partial charge in [-0.2, -0.15) is 0 Å². The SMILES string of the molecule is CCN1CCOC(CN(CCC(N)=NO)C2CC2)C1. The van der Waals surface area contributed by atoms with E-state index in [1.807, 2.05) is 0 Å². The molecule has 1 aliphatic heterocycles.